The normalized spacial score (nSPS) is 28.1. The fourth-order valence-electron chi connectivity index (χ4n) is 8.98. The Morgan fingerprint density at radius 3 is 2.12 bits per heavy atom. The maximum Gasteiger partial charge on any atom is 0.324 e. The van der Waals surface area contributed by atoms with Gasteiger partial charge in [-0.1, -0.05) is 97.5 Å². The molecule has 3 aliphatic heterocycles. The first kappa shape index (κ1) is 32.8. The van der Waals surface area contributed by atoms with E-state index in [0.717, 1.165) is 36.8 Å². The topological polar surface area (TPSA) is 142 Å². The minimum Gasteiger partial charge on any atom is -0.508 e. The molecule has 3 heterocycles. The van der Waals surface area contributed by atoms with Gasteiger partial charge in [-0.15, -0.1) is 0 Å². The van der Waals surface area contributed by atoms with Crippen molar-refractivity contribution in [1.29, 1.82) is 0 Å². The minimum absolute atomic E-state index is 0.0268. The summed E-state index contributed by atoms with van der Waals surface area (Å²) in [5.74, 6) is 3.03. The number of rotatable bonds is 4. The Balaban J connectivity index is 1.37. The zero-order chi connectivity index (χ0) is 35.3. The van der Waals surface area contributed by atoms with Gasteiger partial charge in [0.1, 0.15) is 28.9 Å². The van der Waals surface area contributed by atoms with Crippen molar-refractivity contribution in [2.24, 2.45) is 11.7 Å². The number of aromatic hydroxyl groups is 1. The molecule has 1 spiro atoms. The smallest absolute Gasteiger partial charge is 0.324 e. The molecule has 0 bridgehead atoms. The van der Waals surface area contributed by atoms with E-state index < -0.39 is 58.9 Å². The lowest BCUT2D eigenvalue weighted by Gasteiger charge is -2.46. The van der Waals surface area contributed by atoms with E-state index >= 15 is 0 Å². The number of ether oxygens (including phenoxy) is 1. The number of nitrogens with zero attached hydrogens (tertiary/aromatic N) is 1. The molecule has 9 nitrogen and oxygen atoms in total. The Bertz CT molecular complexity index is 2050. The number of hydrogen-bond donors (Lipinski definition) is 4. The maximum absolute atomic E-state index is 14.8. The lowest BCUT2D eigenvalue weighted by atomic mass is 9.65. The number of cyclic esters (lactones) is 1. The van der Waals surface area contributed by atoms with Gasteiger partial charge in [-0.3, -0.25) is 19.3 Å². The molecule has 6 atom stereocenters. The average Bonchev–Trinajstić information content (AvgIpc) is 3.51. The van der Waals surface area contributed by atoms with Crippen LogP contribution in [0.3, 0.4) is 0 Å². The summed E-state index contributed by atoms with van der Waals surface area (Å²) < 4.78 is 6.30. The van der Waals surface area contributed by atoms with Crippen molar-refractivity contribution in [2.75, 3.05) is 5.32 Å². The molecule has 9 heteroatoms. The minimum atomic E-state index is -1.70. The molecule has 4 aliphatic rings. The maximum atomic E-state index is 14.8. The molecule has 258 valence electrons. The number of primary amides is 1. The van der Waals surface area contributed by atoms with E-state index in [2.05, 4.69) is 17.2 Å². The van der Waals surface area contributed by atoms with Crippen LogP contribution in [0, 0.1) is 17.8 Å². The number of carbonyl (C=O) groups is 3. The number of hydrogen-bond acceptors (Lipinski definition) is 7. The number of nitrogens with one attached hydrogen (secondary N) is 1. The second kappa shape index (κ2) is 12.7. The van der Waals surface area contributed by atoms with Gasteiger partial charge in [-0.2, -0.15) is 0 Å². The first-order valence-corrected chi connectivity index (χ1v) is 17.6. The lowest BCUT2D eigenvalue weighted by Crippen LogP contribution is -2.53. The van der Waals surface area contributed by atoms with Gasteiger partial charge >= 0.3 is 5.97 Å². The SMILES string of the molecule is NC(=O)[C@@H]1[C@H]2C(=O)O[C@H](c3ccccc3)[C@H](c3ccccc3)N2[C@H](c2ccc(O)cc2)[C@@]12C(=O)Nc1ccc(C#CC3(O)CCCCCC3)cc12. The van der Waals surface area contributed by atoms with Crippen molar-refractivity contribution in [1.82, 2.24) is 4.90 Å². The van der Waals surface area contributed by atoms with Crippen molar-refractivity contribution in [2.45, 2.75) is 73.8 Å². The van der Waals surface area contributed by atoms with Crippen molar-refractivity contribution >= 4 is 23.5 Å². The highest BCUT2D eigenvalue weighted by Crippen LogP contribution is 2.64. The zero-order valence-electron chi connectivity index (χ0n) is 28.0. The molecule has 4 aromatic rings. The molecule has 51 heavy (non-hydrogen) atoms. The highest BCUT2D eigenvalue weighted by atomic mass is 16.6. The first-order chi connectivity index (χ1) is 24.7. The Morgan fingerprint density at radius 1 is 0.824 bits per heavy atom. The third kappa shape index (κ3) is 5.38. The standard InChI is InChI=1S/C42H39N3O6/c43-38(47)33-35-39(48)51-36(28-13-7-4-8-14-28)34(27-11-5-3-6-12-27)45(35)37(29-16-18-30(46)19-17-29)42(33)31-25-26(15-20-32(31)44-40(42)49)21-24-41(50)22-9-1-2-10-23-41/h3-8,11-20,25,33-37,46,50H,1-2,9-10,22-23H2,(H2,43,47)(H,44,49)/t33-,34-,35-,36+,37+,42-/m0/s1. The Hall–Kier alpha value is -5.43. The Morgan fingerprint density at radius 2 is 1.47 bits per heavy atom. The number of esters is 1. The van der Waals surface area contributed by atoms with Crippen molar-refractivity contribution in [3.8, 4) is 17.6 Å². The molecule has 2 saturated heterocycles. The fraction of sp³-hybridized carbons (Fsp3) is 0.310. The summed E-state index contributed by atoms with van der Waals surface area (Å²) in [5.41, 5.74) is 7.21. The molecule has 3 fully saturated rings. The van der Waals surface area contributed by atoms with Crippen molar-refractivity contribution in [3.63, 3.8) is 0 Å². The molecule has 0 aromatic heterocycles. The summed E-state index contributed by atoms with van der Waals surface area (Å²) in [6.45, 7) is 0. The number of morpholine rings is 1. The van der Waals surface area contributed by atoms with Gasteiger partial charge in [0.15, 0.2) is 0 Å². The first-order valence-electron chi connectivity index (χ1n) is 17.6. The van der Waals surface area contributed by atoms with Crippen LogP contribution in [0.2, 0.25) is 0 Å². The predicted molar refractivity (Wildman–Crippen MR) is 190 cm³/mol. The third-order valence-corrected chi connectivity index (χ3v) is 11.2. The van der Waals surface area contributed by atoms with E-state index in [1.165, 1.54) is 12.1 Å². The number of carbonyl (C=O) groups excluding carboxylic acids is 3. The highest BCUT2D eigenvalue weighted by Gasteiger charge is 2.73. The predicted octanol–water partition coefficient (Wildman–Crippen LogP) is 5.59. The van der Waals surface area contributed by atoms with Crippen LogP contribution >= 0.6 is 0 Å². The summed E-state index contributed by atoms with van der Waals surface area (Å²) in [6, 6.07) is 28.1. The van der Waals surface area contributed by atoms with Gasteiger partial charge < -0.3 is 26.0 Å². The molecule has 1 saturated carbocycles. The molecule has 2 amide bonds. The van der Waals surface area contributed by atoms with Crippen LogP contribution in [0.15, 0.2) is 103 Å². The summed E-state index contributed by atoms with van der Waals surface area (Å²) in [6.07, 6.45) is 4.29. The number of fused-ring (bicyclic) bond motifs is 3. The molecule has 0 unspecified atom stereocenters. The zero-order valence-corrected chi connectivity index (χ0v) is 28.0. The molecule has 8 rings (SSSR count). The number of anilines is 1. The van der Waals surface area contributed by atoms with E-state index in [1.54, 1.807) is 30.3 Å². The summed E-state index contributed by atoms with van der Waals surface area (Å²) in [5, 5.41) is 24.7. The molecule has 0 radical (unpaired) electrons. The van der Waals surface area contributed by atoms with E-state index in [1.807, 2.05) is 65.6 Å². The Kier molecular flexibility index (Phi) is 8.17. The van der Waals surface area contributed by atoms with E-state index in [0.29, 0.717) is 35.2 Å². The number of phenolic OH excluding ortho intramolecular Hbond substituents is 1. The van der Waals surface area contributed by atoms with Crippen LogP contribution in [-0.4, -0.2) is 44.5 Å². The van der Waals surface area contributed by atoms with Gasteiger partial charge in [-0.25, -0.2) is 0 Å². The van der Waals surface area contributed by atoms with E-state index in [-0.39, 0.29) is 5.75 Å². The van der Waals surface area contributed by atoms with Crippen LogP contribution in [0.4, 0.5) is 5.69 Å². The lowest BCUT2D eigenvalue weighted by molar-refractivity contribution is -0.178. The van der Waals surface area contributed by atoms with Crippen LogP contribution in [-0.2, 0) is 24.5 Å². The molecule has 1 aliphatic carbocycles. The summed E-state index contributed by atoms with van der Waals surface area (Å²) in [4.78, 5) is 45.2. The quantitative estimate of drug-likeness (QED) is 0.125. The number of aliphatic hydroxyl groups is 1. The summed E-state index contributed by atoms with van der Waals surface area (Å²) in [7, 11) is 0. The molecule has 4 aromatic carbocycles. The van der Waals surface area contributed by atoms with Crippen LogP contribution in [0.5, 0.6) is 5.75 Å². The largest absolute Gasteiger partial charge is 0.508 e. The van der Waals surface area contributed by atoms with Gasteiger partial charge in [0.05, 0.1) is 18.0 Å². The van der Waals surface area contributed by atoms with Crippen molar-refractivity contribution in [3.05, 3.63) is 131 Å². The number of amides is 2. The van der Waals surface area contributed by atoms with Crippen LogP contribution in [0.25, 0.3) is 0 Å². The fourth-order valence-corrected chi connectivity index (χ4v) is 8.98. The summed E-state index contributed by atoms with van der Waals surface area (Å²) >= 11 is 0. The number of nitrogens with two attached hydrogens (primary N) is 1. The van der Waals surface area contributed by atoms with Crippen LogP contribution < -0.4 is 11.1 Å². The number of benzene rings is 4. The number of phenols is 1. The van der Waals surface area contributed by atoms with Crippen molar-refractivity contribution < 1.29 is 29.3 Å². The monoisotopic (exact) mass is 681 g/mol. The van der Waals surface area contributed by atoms with E-state index in [9.17, 15) is 24.6 Å². The third-order valence-electron chi connectivity index (χ3n) is 11.2. The van der Waals surface area contributed by atoms with Gasteiger partial charge in [0.2, 0.25) is 11.8 Å². The molecule has 5 N–H and O–H groups in total. The van der Waals surface area contributed by atoms with Crippen LogP contribution in [0.1, 0.15) is 84.5 Å². The van der Waals surface area contributed by atoms with Gasteiger partial charge in [0, 0.05) is 11.3 Å². The second-order valence-electron chi connectivity index (χ2n) is 14.2. The van der Waals surface area contributed by atoms with Gasteiger partial charge in [0.25, 0.3) is 0 Å². The highest BCUT2D eigenvalue weighted by molar-refractivity contribution is 6.12. The van der Waals surface area contributed by atoms with Gasteiger partial charge in [-0.05, 0) is 78.3 Å². The second-order valence-corrected chi connectivity index (χ2v) is 14.2. The average molecular weight is 682 g/mol. The molecular weight excluding hydrogens is 642 g/mol. The molecular formula is C42H39N3O6. The van der Waals surface area contributed by atoms with E-state index in [4.69, 9.17) is 10.5 Å². The Labute approximate surface area is 296 Å².